The Morgan fingerprint density at radius 1 is 0.967 bits per heavy atom. The number of aromatic amines is 1. The van der Waals surface area contributed by atoms with E-state index in [0.29, 0.717) is 36.4 Å². The van der Waals surface area contributed by atoms with Crippen molar-refractivity contribution >= 4 is 42.1 Å². The Morgan fingerprint density at radius 2 is 1.70 bits per heavy atom. The molecule has 4 aromatic carbocycles. The van der Waals surface area contributed by atoms with E-state index >= 15 is 0 Å². The summed E-state index contributed by atoms with van der Waals surface area (Å²) in [4.78, 5) is 42.4. The van der Waals surface area contributed by atoms with Crippen molar-refractivity contribution in [2.45, 2.75) is 115 Å². The van der Waals surface area contributed by atoms with Gasteiger partial charge in [-0.1, -0.05) is 75.4 Å². The summed E-state index contributed by atoms with van der Waals surface area (Å²) in [6.45, 7) is 12.4. The number of oxazole rings is 1. The van der Waals surface area contributed by atoms with E-state index in [-0.39, 0.29) is 34.5 Å². The number of aromatic nitrogens is 2. The summed E-state index contributed by atoms with van der Waals surface area (Å²) in [6, 6.07) is 28.5. The van der Waals surface area contributed by atoms with Crippen molar-refractivity contribution in [1.29, 1.82) is 0 Å². The SMILES string of the molecule is CC(C)(C)[Si](C)(C)O[C@@H](CNCc1ccc2c(c1)oc(=O)n2CCCCc1ccc(-c2ccccc2)c(N(C(=O)O)C2CCC(N)CC2)c1)c1ccc(O)c2[nH]c(=O)ccc12. The van der Waals surface area contributed by atoms with E-state index in [2.05, 4.69) is 50.2 Å². The Labute approximate surface area is 357 Å². The number of nitrogens with zero attached hydrogens (tertiary/aromatic N) is 2. The molecule has 2 aromatic heterocycles. The third-order valence-corrected chi connectivity index (χ3v) is 17.2. The first-order chi connectivity index (χ1) is 29.1. The number of benzene rings is 4. The Morgan fingerprint density at radius 3 is 2.43 bits per heavy atom. The van der Waals surface area contributed by atoms with Crippen LogP contribution < -0.4 is 27.3 Å². The van der Waals surface area contributed by atoms with Crippen molar-refractivity contribution in [2.75, 3.05) is 11.4 Å². The van der Waals surface area contributed by atoms with Gasteiger partial charge in [-0.2, -0.15) is 0 Å². The fraction of sp³-hybridized carbons (Fsp3) is 0.396. The summed E-state index contributed by atoms with van der Waals surface area (Å²) in [7, 11) is -2.25. The molecule has 322 valence electrons. The minimum absolute atomic E-state index is 0.00490. The maximum atomic E-state index is 13.1. The van der Waals surface area contributed by atoms with Gasteiger partial charge in [-0.25, -0.2) is 9.59 Å². The van der Waals surface area contributed by atoms with E-state index in [1.165, 1.54) is 6.07 Å². The zero-order chi connectivity index (χ0) is 43.5. The Kier molecular flexibility index (Phi) is 13.0. The Bertz CT molecular complexity index is 2600. The summed E-state index contributed by atoms with van der Waals surface area (Å²) in [6.07, 6.45) is 3.99. The highest BCUT2D eigenvalue weighted by molar-refractivity contribution is 6.74. The lowest BCUT2D eigenvalue weighted by atomic mass is 9.89. The van der Waals surface area contributed by atoms with Crippen LogP contribution >= 0.6 is 0 Å². The number of hydrogen-bond acceptors (Lipinski definition) is 8. The minimum atomic E-state index is -2.25. The predicted octanol–water partition coefficient (Wildman–Crippen LogP) is 9.44. The predicted molar refractivity (Wildman–Crippen MR) is 245 cm³/mol. The Balaban J connectivity index is 1.02. The second kappa shape index (κ2) is 18.2. The summed E-state index contributed by atoms with van der Waals surface area (Å²) < 4.78 is 14.4. The monoisotopic (exact) mass is 845 g/mol. The first kappa shape index (κ1) is 43.6. The molecule has 7 rings (SSSR count). The molecule has 0 spiro atoms. The lowest BCUT2D eigenvalue weighted by Gasteiger charge is -2.39. The lowest BCUT2D eigenvalue weighted by Crippen LogP contribution is -2.44. The number of aryl methyl sites for hydroxylation is 2. The molecule has 1 atom stereocenters. The number of phenolic OH excluding ortho intramolecular Hbond substituents is 1. The number of H-pyrrole nitrogens is 1. The maximum absolute atomic E-state index is 13.1. The summed E-state index contributed by atoms with van der Waals surface area (Å²) in [5, 5.41) is 25.3. The number of pyridine rings is 1. The third-order valence-electron chi connectivity index (χ3n) is 12.7. The van der Waals surface area contributed by atoms with E-state index in [4.69, 9.17) is 14.6 Å². The van der Waals surface area contributed by atoms with Crippen LogP contribution in [0.3, 0.4) is 0 Å². The van der Waals surface area contributed by atoms with Crippen LogP contribution in [0.5, 0.6) is 5.75 Å². The van der Waals surface area contributed by atoms with Gasteiger partial charge in [0.05, 0.1) is 22.8 Å². The molecule has 1 amide bonds. The minimum Gasteiger partial charge on any atom is -0.506 e. The average molecular weight is 846 g/mol. The Hall–Kier alpha value is -5.47. The number of amides is 1. The highest BCUT2D eigenvalue weighted by Crippen LogP contribution is 2.41. The van der Waals surface area contributed by atoms with E-state index in [1.807, 2.05) is 66.7 Å². The molecule has 0 unspecified atom stereocenters. The number of unbranched alkanes of at least 4 members (excludes halogenated alkanes) is 1. The molecule has 0 aliphatic heterocycles. The molecule has 1 aliphatic carbocycles. The standard InChI is InChI=1S/C48H59N5O7Si/c1-48(2,3)61(4,5)60-43(37-21-24-41(54)45-38(37)22-25-44(55)51-45)30-50-29-32-15-23-39-42(28-32)59-47(58)52(39)26-10-9-11-31-14-20-36(33-12-7-6-8-13-33)40(27-31)53(46(56)57)35-18-16-34(49)17-19-35/h6-8,12-15,20-25,27-28,34-35,43,50,54H,9-11,16-19,26,29-30,49H2,1-5H3,(H,51,55)(H,56,57)/t34?,35?,43-/m0/s1. The number of hydrogen-bond donors (Lipinski definition) is 5. The van der Waals surface area contributed by atoms with Crippen LogP contribution in [-0.4, -0.2) is 52.8 Å². The van der Waals surface area contributed by atoms with Crippen LogP contribution in [0.15, 0.2) is 105 Å². The number of fused-ring (bicyclic) bond motifs is 2. The molecule has 13 heteroatoms. The first-order valence-electron chi connectivity index (χ1n) is 21.4. The molecule has 12 nitrogen and oxygen atoms in total. The normalized spacial score (nSPS) is 16.6. The van der Waals surface area contributed by atoms with Crippen LogP contribution in [0.2, 0.25) is 18.1 Å². The van der Waals surface area contributed by atoms with Gasteiger partial charge in [0.15, 0.2) is 13.9 Å². The third kappa shape index (κ3) is 9.86. The van der Waals surface area contributed by atoms with Gasteiger partial charge in [0.1, 0.15) is 5.75 Å². The van der Waals surface area contributed by atoms with Gasteiger partial charge in [0.2, 0.25) is 5.56 Å². The molecule has 0 saturated heterocycles. The molecule has 0 radical (unpaired) electrons. The van der Waals surface area contributed by atoms with Crippen LogP contribution in [0.25, 0.3) is 33.1 Å². The van der Waals surface area contributed by atoms with Crippen molar-refractivity contribution in [2.24, 2.45) is 5.73 Å². The zero-order valence-electron chi connectivity index (χ0n) is 35.9. The summed E-state index contributed by atoms with van der Waals surface area (Å²) >= 11 is 0. The molecule has 61 heavy (non-hydrogen) atoms. The number of carbonyl (C=O) groups is 1. The molecule has 1 fully saturated rings. The van der Waals surface area contributed by atoms with E-state index in [1.54, 1.807) is 21.6 Å². The van der Waals surface area contributed by atoms with Gasteiger partial charge in [-0.15, -0.1) is 0 Å². The van der Waals surface area contributed by atoms with Crippen LogP contribution in [0.4, 0.5) is 10.5 Å². The zero-order valence-corrected chi connectivity index (χ0v) is 36.9. The molecular formula is C48H59N5O7Si. The summed E-state index contributed by atoms with van der Waals surface area (Å²) in [5.41, 5.74) is 12.9. The smallest absolute Gasteiger partial charge is 0.419 e. The number of phenols is 1. The van der Waals surface area contributed by atoms with Gasteiger partial charge in [-0.3, -0.25) is 14.3 Å². The second-order valence-electron chi connectivity index (χ2n) is 18.0. The average Bonchev–Trinajstić information content (AvgIpc) is 3.53. The number of carboxylic acid groups (broad SMARTS) is 1. The molecule has 2 heterocycles. The van der Waals surface area contributed by atoms with Crippen LogP contribution in [-0.2, 0) is 23.9 Å². The second-order valence-corrected chi connectivity index (χ2v) is 22.8. The fourth-order valence-electron chi connectivity index (χ4n) is 8.28. The van der Waals surface area contributed by atoms with E-state index < -0.39 is 20.2 Å². The maximum Gasteiger partial charge on any atom is 0.419 e. The number of aromatic hydroxyl groups is 1. The van der Waals surface area contributed by atoms with Crippen molar-refractivity contribution in [3.05, 3.63) is 129 Å². The van der Waals surface area contributed by atoms with Gasteiger partial charge in [0.25, 0.3) is 0 Å². The molecule has 6 N–H and O–H groups in total. The van der Waals surface area contributed by atoms with Crippen molar-refractivity contribution < 1.29 is 23.9 Å². The molecule has 1 aliphatic rings. The van der Waals surface area contributed by atoms with Crippen molar-refractivity contribution in [3.8, 4) is 16.9 Å². The van der Waals surface area contributed by atoms with Gasteiger partial charge >= 0.3 is 11.8 Å². The van der Waals surface area contributed by atoms with Gasteiger partial charge in [-0.05, 0) is 116 Å². The quantitative estimate of drug-likeness (QED) is 0.0498. The van der Waals surface area contributed by atoms with Gasteiger partial charge < -0.3 is 35.1 Å². The van der Waals surface area contributed by atoms with Crippen molar-refractivity contribution in [3.63, 3.8) is 0 Å². The topological polar surface area (TPSA) is 176 Å². The lowest BCUT2D eigenvalue weighted by molar-refractivity contribution is 0.181. The molecule has 1 saturated carbocycles. The molecule has 6 aromatic rings. The van der Waals surface area contributed by atoms with Crippen LogP contribution in [0.1, 0.15) is 82.1 Å². The number of nitrogens with two attached hydrogens (primary N) is 1. The van der Waals surface area contributed by atoms with E-state index in [9.17, 15) is 24.6 Å². The highest BCUT2D eigenvalue weighted by Gasteiger charge is 2.40. The highest BCUT2D eigenvalue weighted by atomic mass is 28.4. The molecule has 0 bridgehead atoms. The van der Waals surface area contributed by atoms with E-state index in [0.717, 1.165) is 83.7 Å². The number of nitrogens with one attached hydrogen (secondary N) is 2. The largest absolute Gasteiger partial charge is 0.506 e. The van der Waals surface area contributed by atoms with Crippen molar-refractivity contribution in [1.82, 2.24) is 14.9 Å². The molecular weight excluding hydrogens is 787 g/mol. The number of rotatable bonds is 15. The fourth-order valence-corrected chi connectivity index (χ4v) is 9.55. The number of anilines is 1. The van der Waals surface area contributed by atoms with Gasteiger partial charge in [0, 0.05) is 48.7 Å². The summed E-state index contributed by atoms with van der Waals surface area (Å²) in [5.74, 6) is -0.399. The first-order valence-corrected chi connectivity index (χ1v) is 24.3. The van der Waals surface area contributed by atoms with Crippen LogP contribution in [0, 0.1) is 0 Å².